The van der Waals surface area contributed by atoms with Crippen molar-refractivity contribution in [1.82, 2.24) is 0 Å². The predicted octanol–water partition coefficient (Wildman–Crippen LogP) is -0.477. The second-order valence-electron chi connectivity index (χ2n) is 2.56. The molecule has 1 aliphatic rings. The minimum absolute atomic E-state index is 0.137. The highest BCUT2D eigenvalue weighted by Gasteiger charge is 2.33. The van der Waals surface area contributed by atoms with Gasteiger partial charge in [0.2, 0.25) is 0 Å². The molecule has 1 rings (SSSR count). The highest BCUT2D eigenvalue weighted by Crippen LogP contribution is 2.20. The molecule has 0 saturated carbocycles. The van der Waals surface area contributed by atoms with Gasteiger partial charge in [-0.2, -0.15) is 0 Å². The number of carbonyl (C=O) groups excluding carboxylic acids is 1. The van der Waals surface area contributed by atoms with Crippen LogP contribution in [0.5, 0.6) is 0 Å². The van der Waals surface area contributed by atoms with Crippen LogP contribution in [0.3, 0.4) is 0 Å². The predicted molar refractivity (Wildman–Crippen MR) is 38.9 cm³/mol. The molecule has 0 bridgehead atoms. The van der Waals surface area contributed by atoms with E-state index < -0.39 is 0 Å². The molecule has 0 aromatic heterocycles. The number of nitrogens with two attached hydrogens (primary N) is 1. The minimum Gasteiger partial charge on any atom is -0.469 e. The molecular weight excluding hydrogens is 146 g/mol. The van der Waals surface area contributed by atoms with E-state index in [4.69, 9.17) is 10.5 Å². The van der Waals surface area contributed by atoms with Gasteiger partial charge in [0.25, 0.3) is 0 Å². The lowest BCUT2D eigenvalue weighted by Gasteiger charge is -2.13. The van der Waals surface area contributed by atoms with Crippen molar-refractivity contribution in [2.75, 3.05) is 20.3 Å². The Morgan fingerprint density at radius 1 is 1.82 bits per heavy atom. The third kappa shape index (κ3) is 1.70. The van der Waals surface area contributed by atoms with Crippen molar-refractivity contribution in [2.45, 2.75) is 12.5 Å². The van der Waals surface area contributed by atoms with Gasteiger partial charge in [-0.3, -0.25) is 4.79 Å². The Kier molecular flexibility index (Phi) is 2.84. The number of methoxy groups -OCH3 is 1. The van der Waals surface area contributed by atoms with Crippen molar-refractivity contribution in [3.05, 3.63) is 0 Å². The van der Waals surface area contributed by atoms with Crippen LogP contribution in [0.4, 0.5) is 0 Å². The van der Waals surface area contributed by atoms with Crippen molar-refractivity contribution < 1.29 is 14.3 Å². The fraction of sp³-hybridized carbons (Fsp3) is 0.857. The number of hydrogen-bond donors (Lipinski definition) is 1. The molecule has 1 saturated heterocycles. The van der Waals surface area contributed by atoms with Crippen molar-refractivity contribution in [2.24, 2.45) is 11.7 Å². The second kappa shape index (κ2) is 3.69. The normalized spacial score (nSPS) is 30.4. The number of hydrogen-bond acceptors (Lipinski definition) is 4. The quantitative estimate of drug-likeness (QED) is 0.553. The van der Waals surface area contributed by atoms with E-state index in [0.717, 1.165) is 6.42 Å². The highest BCUT2D eigenvalue weighted by molar-refractivity contribution is 5.73. The Balaban J connectivity index is 2.49. The van der Waals surface area contributed by atoms with E-state index in [0.29, 0.717) is 13.2 Å². The molecule has 1 fully saturated rings. The van der Waals surface area contributed by atoms with Crippen LogP contribution in [0.15, 0.2) is 0 Å². The van der Waals surface area contributed by atoms with E-state index in [-0.39, 0.29) is 18.0 Å². The SMILES string of the molecule is COC(=O)[C@H]1CCO[C@H]1CN. The number of carbonyl (C=O) groups is 1. The van der Waals surface area contributed by atoms with Crippen LogP contribution < -0.4 is 5.73 Å². The Labute approximate surface area is 65.7 Å². The lowest BCUT2D eigenvalue weighted by molar-refractivity contribution is -0.147. The maximum atomic E-state index is 11.0. The zero-order valence-electron chi connectivity index (χ0n) is 6.58. The van der Waals surface area contributed by atoms with Gasteiger partial charge in [0.15, 0.2) is 0 Å². The van der Waals surface area contributed by atoms with Crippen LogP contribution >= 0.6 is 0 Å². The molecule has 0 radical (unpaired) electrons. The molecular formula is C7H13NO3. The summed E-state index contributed by atoms with van der Waals surface area (Å²) in [5.74, 6) is -0.358. The first-order chi connectivity index (χ1) is 5.29. The summed E-state index contributed by atoms with van der Waals surface area (Å²) in [6.07, 6.45) is 0.594. The van der Waals surface area contributed by atoms with Gasteiger partial charge in [0.1, 0.15) is 0 Å². The van der Waals surface area contributed by atoms with E-state index >= 15 is 0 Å². The van der Waals surface area contributed by atoms with Gasteiger partial charge < -0.3 is 15.2 Å². The van der Waals surface area contributed by atoms with Crippen molar-refractivity contribution >= 4 is 5.97 Å². The number of rotatable bonds is 2. The Hall–Kier alpha value is -0.610. The molecule has 0 spiro atoms. The fourth-order valence-corrected chi connectivity index (χ4v) is 1.30. The van der Waals surface area contributed by atoms with Gasteiger partial charge in [-0.25, -0.2) is 0 Å². The summed E-state index contributed by atoms with van der Waals surface area (Å²) in [6.45, 7) is 1.00. The molecule has 1 heterocycles. The Morgan fingerprint density at radius 3 is 3.09 bits per heavy atom. The summed E-state index contributed by atoms with van der Waals surface area (Å²) < 4.78 is 9.80. The second-order valence-corrected chi connectivity index (χ2v) is 2.56. The third-order valence-corrected chi connectivity index (χ3v) is 1.95. The molecule has 0 aliphatic carbocycles. The largest absolute Gasteiger partial charge is 0.469 e. The van der Waals surface area contributed by atoms with Crippen molar-refractivity contribution in [1.29, 1.82) is 0 Å². The van der Waals surface area contributed by atoms with Crippen LogP contribution in [0, 0.1) is 5.92 Å². The lowest BCUT2D eigenvalue weighted by atomic mass is 10.0. The average Bonchev–Trinajstić information content (AvgIpc) is 2.50. The van der Waals surface area contributed by atoms with E-state index in [2.05, 4.69) is 4.74 Å². The van der Waals surface area contributed by atoms with Crippen molar-refractivity contribution in [3.63, 3.8) is 0 Å². The summed E-state index contributed by atoms with van der Waals surface area (Å²) in [6, 6.07) is 0. The topological polar surface area (TPSA) is 61.5 Å². The lowest BCUT2D eigenvalue weighted by Crippen LogP contribution is -2.31. The van der Waals surface area contributed by atoms with Crippen LogP contribution in [-0.2, 0) is 14.3 Å². The standard InChI is InChI=1S/C7H13NO3/c1-10-7(9)5-2-3-11-6(5)4-8/h5-6H,2-4,8H2,1H3/t5-,6-/m0/s1. The molecule has 2 atom stereocenters. The van der Waals surface area contributed by atoms with Crippen LogP contribution in [0.1, 0.15) is 6.42 Å². The molecule has 0 amide bonds. The maximum absolute atomic E-state index is 11.0. The smallest absolute Gasteiger partial charge is 0.311 e. The maximum Gasteiger partial charge on any atom is 0.311 e. The molecule has 0 aromatic rings. The van der Waals surface area contributed by atoms with E-state index in [1.807, 2.05) is 0 Å². The molecule has 0 unspecified atom stereocenters. The summed E-state index contributed by atoms with van der Waals surface area (Å²) >= 11 is 0. The summed E-state index contributed by atoms with van der Waals surface area (Å²) in [4.78, 5) is 11.0. The van der Waals surface area contributed by atoms with Gasteiger partial charge in [-0.05, 0) is 6.42 Å². The molecule has 1 aliphatic heterocycles. The van der Waals surface area contributed by atoms with Crippen LogP contribution in [0.25, 0.3) is 0 Å². The third-order valence-electron chi connectivity index (χ3n) is 1.95. The highest BCUT2D eigenvalue weighted by atomic mass is 16.5. The summed E-state index contributed by atoms with van der Waals surface area (Å²) in [7, 11) is 1.38. The first kappa shape index (κ1) is 8.49. The van der Waals surface area contributed by atoms with E-state index in [1.54, 1.807) is 0 Å². The fourth-order valence-electron chi connectivity index (χ4n) is 1.30. The average molecular weight is 159 g/mol. The Morgan fingerprint density at radius 2 is 2.55 bits per heavy atom. The van der Waals surface area contributed by atoms with Gasteiger partial charge >= 0.3 is 5.97 Å². The van der Waals surface area contributed by atoms with E-state index in [1.165, 1.54) is 7.11 Å². The molecule has 4 nitrogen and oxygen atoms in total. The minimum atomic E-state index is -0.210. The first-order valence-corrected chi connectivity index (χ1v) is 3.69. The van der Waals surface area contributed by atoms with Crippen LogP contribution in [0.2, 0.25) is 0 Å². The molecule has 2 N–H and O–H groups in total. The van der Waals surface area contributed by atoms with Crippen molar-refractivity contribution in [3.8, 4) is 0 Å². The molecule has 11 heavy (non-hydrogen) atoms. The zero-order chi connectivity index (χ0) is 8.27. The Bertz CT molecular complexity index is 149. The monoisotopic (exact) mass is 159 g/mol. The van der Waals surface area contributed by atoms with Gasteiger partial charge in [0, 0.05) is 13.2 Å². The van der Waals surface area contributed by atoms with E-state index in [9.17, 15) is 4.79 Å². The molecule has 64 valence electrons. The first-order valence-electron chi connectivity index (χ1n) is 3.69. The number of esters is 1. The molecule has 4 heteroatoms. The summed E-state index contributed by atoms with van der Waals surface area (Å²) in [5.41, 5.74) is 5.38. The van der Waals surface area contributed by atoms with Crippen LogP contribution in [-0.4, -0.2) is 32.3 Å². The molecule has 0 aromatic carbocycles. The zero-order valence-corrected chi connectivity index (χ0v) is 6.58. The van der Waals surface area contributed by atoms with Gasteiger partial charge in [-0.15, -0.1) is 0 Å². The van der Waals surface area contributed by atoms with Gasteiger partial charge in [0.05, 0.1) is 19.1 Å². The summed E-state index contributed by atoms with van der Waals surface area (Å²) in [5, 5.41) is 0. The number of ether oxygens (including phenoxy) is 2. The van der Waals surface area contributed by atoms with Gasteiger partial charge in [-0.1, -0.05) is 0 Å².